The van der Waals surface area contributed by atoms with Crippen molar-refractivity contribution in [3.8, 4) is 11.5 Å². The molecule has 0 bridgehead atoms. The molecule has 1 aliphatic rings. The number of aryl methyl sites for hydroxylation is 1. The zero-order chi connectivity index (χ0) is 27.4. The average molecular weight is 519 g/mol. The van der Waals surface area contributed by atoms with Gasteiger partial charge in [-0.05, 0) is 55.0 Å². The van der Waals surface area contributed by atoms with Crippen LogP contribution in [-0.2, 0) is 16.2 Å². The molecule has 0 saturated carbocycles. The van der Waals surface area contributed by atoms with E-state index in [-0.39, 0.29) is 12.2 Å². The predicted octanol–water partition coefficient (Wildman–Crippen LogP) is 6.17. The van der Waals surface area contributed by atoms with Crippen molar-refractivity contribution in [2.45, 2.75) is 13.5 Å². The van der Waals surface area contributed by atoms with E-state index in [1.165, 1.54) is 6.08 Å². The number of barbiturate groups is 1. The van der Waals surface area contributed by atoms with Gasteiger partial charge in [-0.3, -0.25) is 9.59 Å². The monoisotopic (exact) mass is 518 g/mol. The molecule has 0 radical (unpaired) electrons. The van der Waals surface area contributed by atoms with Crippen LogP contribution in [0.4, 0.5) is 16.2 Å². The van der Waals surface area contributed by atoms with Gasteiger partial charge in [0.1, 0.15) is 23.7 Å². The number of rotatable bonds is 7. The van der Waals surface area contributed by atoms with E-state index in [2.05, 4.69) is 0 Å². The third-order valence-electron chi connectivity index (χ3n) is 6.31. The molecular weight excluding hydrogens is 492 g/mol. The summed E-state index contributed by atoms with van der Waals surface area (Å²) in [5.74, 6) is -0.450. The molecule has 7 nitrogen and oxygen atoms in total. The molecule has 39 heavy (non-hydrogen) atoms. The van der Waals surface area contributed by atoms with Crippen molar-refractivity contribution < 1.29 is 23.9 Å². The Morgan fingerprint density at radius 3 is 1.82 bits per heavy atom. The van der Waals surface area contributed by atoms with Crippen LogP contribution < -0.4 is 19.3 Å². The zero-order valence-electron chi connectivity index (χ0n) is 21.5. The quantitative estimate of drug-likeness (QED) is 0.216. The first kappa shape index (κ1) is 25.5. The van der Waals surface area contributed by atoms with Crippen LogP contribution in [-0.4, -0.2) is 25.0 Å². The molecule has 0 aliphatic carbocycles. The molecule has 0 atom stereocenters. The highest BCUT2D eigenvalue weighted by atomic mass is 16.5. The molecule has 0 N–H and O–H groups in total. The molecule has 5 rings (SSSR count). The number of anilines is 2. The van der Waals surface area contributed by atoms with Crippen molar-refractivity contribution in [1.29, 1.82) is 0 Å². The summed E-state index contributed by atoms with van der Waals surface area (Å²) in [6, 6.07) is 29.4. The average Bonchev–Trinajstić information content (AvgIpc) is 2.96. The van der Waals surface area contributed by atoms with Gasteiger partial charge in [0.15, 0.2) is 0 Å². The molecule has 0 spiro atoms. The van der Waals surface area contributed by atoms with Crippen molar-refractivity contribution in [2.24, 2.45) is 0 Å². The summed E-state index contributed by atoms with van der Waals surface area (Å²) in [7, 11) is 1.55. The van der Waals surface area contributed by atoms with Gasteiger partial charge >= 0.3 is 6.03 Å². The largest absolute Gasteiger partial charge is 0.497 e. The summed E-state index contributed by atoms with van der Waals surface area (Å²) in [5.41, 5.74) is 3.14. The van der Waals surface area contributed by atoms with E-state index in [4.69, 9.17) is 9.47 Å². The number of urea groups is 1. The lowest BCUT2D eigenvalue weighted by molar-refractivity contribution is -0.121. The number of ether oxygens (including phenoxy) is 2. The standard InChI is InChI=1S/C32H26N2O5/c1-22-13-15-23(16-14-22)21-39-29-20-27(38-2)18-17-24(29)19-28-30(35)33(25-9-5-3-6-10-25)32(37)34(31(28)36)26-11-7-4-8-12-26/h3-20H,21H2,1-2H3. The van der Waals surface area contributed by atoms with Gasteiger partial charge in [-0.15, -0.1) is 0 Å². The molecule has 194 valence electrons. The summed E-state index contributed by atoms with van der Waals surface area (Å²) in [6.07, 6.45) is 1.47. The highest BCUT2D eigenvalue weighted by Gasteiger charge is 2.43. The van der Waals surface area contributed by atoms with E-state index in [0.29, 0.717) is 28.4 Å². The molecular formula is C32H26N2O5. The van der Waals surface area contributed by atoms with Crippen LogP contribution in [0.3, 0.4) is 0 Å². The number of hydrogen-bond donors (Lipinski definition) is 0. The second-order valence-corrected chi connectivity index (χ2v) is 8.97. The zero-order valence-corrected chi connectivity index (χ0v) is 21.5. The van der Waals surface area contributed by atoms with Crippen molar-refractivity contribution in [2.75, 3.05) is 16.9 Å². The number of imide groups is 2. The summed E-state index contributed by atoms with van der Waals surface area (Å²) in [5, 5.41) is 0. The molecule has 1 saturated heterocycles. The van der Waals surface area contributed by atoms with Gasteiger partial charge in [0, 0.05) is 11.6 Å². The van der Waals surface area contributed by atoms with E-state index >= 15 is 0 Å². The Morgan fingerprint density at radius 2 is 1.28 bits per heavy atom. The van der Waals surface area contributed by atoms with Crippen LogP contribution in [0.5, 0.6) is 11.5 Å². The molecule has 7 heteroatoms. The predicted molar refractivity (Wildman–Crippen MR) is 150 cm³/mol. The molecule has 0 aromatic heterocycles. The van der Waals surface area contributed by atoms with E-state index in [0.717, 1.165) is 20.9 Å². The van der Waals surface area contributed by atoms with Gasteiger partial charge in [-0.2, -0.15) is 0 Å². The minimum atomic E-state index is -0.745. The topological polar surface area (TPSA) is 76.2 Å². The molecule has 4 aromatic rings. The summed E-state index contributed by atoms with van der Waals surface area (Å²) in [4.78, 5) is 42.9. The Labute approximate surface area is 226 Å². The van der Waals surface area contributed by atoms with Crippen molar-refractivity contribution in [1.82, 2.24) is 0 Å². The van der Waals surface area contributed by atoms with Gasteiger partial charge in [0.05, 0.1) is 18.5 Å². The van der Waals surface area contributed by atoms with Gasteiger partial charge in [0.2, 0.25) is 0 Å². The summed E-state index contributed by atoms with van der Waals surface area (Å²) in [6.45, 7) is 2.29. The normalized spacial score (nSPS) is 13.5. The van der Waals surface area contributed by atoms with Crippen LogP contribution in [0.2, 0.25) is 0 Å². The second kappa shape index (κ2) is 11.1. The number of hydrogen-bond acceptors (Lipinski definition) is 5. The smallest absolute Gasteiger partial charge is 0.343 e. The maximum Gasteiger partial charge on any atom is 0.343 e. The lowest BCUT2D eigenvalue weighted by atomic mass is 10.0. The number of amides is 4. The molecule has 1 aliphatic heterocycles. The number of para-hydroxylation sites is 2. The minimum Gasteiger partial charge on any atom is -0.497 e. The van der Waals surface area contributed by atoms with Gasteiger partial charge in [-0.1, -0.05) is 66.2 Å². The molecule has 1 heterocycles. The highest BCUT2D eigenvalue weighted by molar-refractivity contribution is 6.46. The van der Waals surface area contributed by atoms with E-state index in [1.807, 2.05) is 31.2 Å². The lowest BCUT2D eigenvalue weighted by Crippen LogP contribution is -2.57. The van der Waals surface area contributed by atoms with Gasteiger partial charge in [-0.25, -0.2) is 14.6 Å². The minimum absolute atomic E-state index is 0.173. The molecule has 1 fully saturated rings. The van der Waals surface area contributed by atoms with E-state index in [9.17, 15) is 14.4 Å². The Kier molecular flexibility index (Phi) is 7.23. The van der Waals surface area contributed by atoms with Crippen LogP contribution in [0.25, 0.3) is 6.08 Å². The fourth-order valence-corrected chi connectivity index (χ4v) is 4.23. The Morgan fingerprint density at radius 1 is 0.718 bits per heavy atom. The number of carbonyl (C=O) groups is 3. The second-order valence-electron chi connectivity index (χ2n) is 8.97. The van der Waals surface area contributed by atoms with Gasteiger partial charge < -0.3 is 9.47 Å². The van der Waals surface area contributed by atoms with E-state index < -0.39 is 17.8 Å². The fraction of sp³-hybridized carbons (Fsp3) is 0.0938. The first-order valence-corrected chi connectivity index (χ1v) is 12.4. The lowest BCUT2D eigenvalue weighted by Gasteiger charge is -2.34. The fourth-order valence-electron chi connectivity index (χ4n) is 4.23. The third-order valence-corrected chi connectivity index (χ3v) is 6.31. The van der Waals surface area contributed by atoms with Gasteiger partial charge in [0.25, 0.3) is 11.8 Å². The van der Waals surface area contributed by atoms with Crippen LogP contribution in [0, 0.1) is 6.92 Å². The Hall–Kier alpha value is -5.17. The van der Waals surface area contributed by atoms with Crippen LogP contribution in [0.1, 0.15) is 16.7 Å². The summed E-state index contributed by atoms with van der Waals surface area (Å²) >= 11 is 0. The molecule has 0 unspecified atom stereocenters. The third kappa shape index (κ3) is 5.29. The molecule has 4 amide bonds. The number of carbonyl (C=O) groups excluding carboxylic acids is 3. The Bertz CT molecular complexity index is 1480. The maximum atomic E-state index is 13.7. The number of methoxy groups -OCH3 is 1. The van der Waals surface area contributed by atoms with Crippen molar-refractivity contribution in [3.63, 3.8) is 0 Å². The molecule has 4 aromatic carbocycles. The van der Waals surface area contributed by atoms with Crippen molar-refractivity contribution in [3.05, 3.63) is 125 Å². The SMILES string of the molecule is COc1ccc(C=C2C(=O)N(c3ccccc3)C(=O)N(c3ccccc3)C2=O)c(OCc2ccc(C)cc2)c1. The number of nitrogens with zero attached hydrogens (tertiary/aromatic N) is 2. The highest BCUT2D eigenvalue weighted by Crippen LogP contribution is 2.32. The van der Waals surface area contributed by atoms with Crippen LogP contribution >= 0.6 is 0 Å². The Balaban J connectivity index is 1.58. The first-order chi connectivity index (χ1) is 19.0. The van der Waals surface area contributed by atoms with Crippen molar-refractivity contribution >= 4 is 35.3 Å². The maximum absolute atomic E-state index is 13.7. The number of benzene rings is 4. The van der Waals surface area contributed by atoms with E-state index in [1.54, 1.807) is 86.0 Å². The summed E-state index contributed by atoms with van der Waals surface area (Å²) < 4.78 is 11.5. The first-order valence-electron chi connectivity index (χ1n) is 12.4. The van der Waals surface area contributed by atoms with Crippen LogP contribution in [0.15, 0.2) is 109 Å².